The summed E-state index contributed by atoms with van der Waals surface area (Å²) in [4.78, 5) is 0.463. The van der Waals surface area contributed by atoms with Crippen molar-refractivity contribution < 1.29 is 4.74 Å². The van der Waals surface area contributed by atoms with Gasteiger partial charge in [0.2, 0.25) is 0 Å². The highest BCUT2D eigenvalue weighted by molar-refractivity contribution is 9.09. The lowest BCUT2D eigenvalue weighted by Gasteiger charge is -2.25. The van der Waals surface area contributed by atoms with E-state index < -0.39 is 0 Å². The van der Waals surface area contributed by atoms with E-state index in [1.165, 1.54) is 11.1 Å². The maximum Gasteiger partial charge on any atom is 0.130 e. The monoisotopic (exact) mass is 262 g/mol. The second-order valence-electron chi connectivity index (χ2n) is 3.93. The summed E-state index contributed by atoms with van der Waals surface area (Å²) in [6.45, 7) is 0. The predicted molar refractivity (Wildman–Crippen MR) is 64.3 cm³/mol. The Kier molecular flexibility index (Phi) is 2.17. The standard InChI is InChI=1S/C13H11BrO/c14-11-5-6-13-10(8-11)7-9-3-1-2-4-12(9)15-13/h1-6,11H,7-8H2. The van der Waals surface area contributed by atoms with E-state index in [4.69, 9.17) is 4.74 Å². The number of ether oxygens (including phenoxy) is 1. The summed E-state index contributed by atoms with van der Waals surface area (Å²) in [7, 11) is 0. The van der Waals surface area contributed by atoms with Gasteiger partial charge in [0.15, 0.2) is 0 Å². The van der Waals surface area contributed by atoms with Crippen LogP contribution in [0.15, 0.2) is 47.7 Å². The molecular formula is C13H11BrO. The molecule has 0 amide bonds. The molecule has 1 aliphatic carbocycles. The Morgan fingerprint density at radius 1 is 1.27 bits per heavy atom. The zero-order valence-corrected chi connectivity index (χ0v) is 9.83. The van der Waals surface area contributed by atoms with Gasteiger partial charge in [-0.2, -0.15) is 0 Å². The van der Waals surface area contributed by atoms with Gasteiger partial charge in [0.1, 0.15) is 11.5 Å². The third-order valence-electron chi connectivity index (χ3n) is 2.84. The van der Waals surface area contributed by atoms with Gasteiger partial charge in [-0.25, -0.2) is 0 Å². The summed E-state index contributed by atoms with van der Waals surface area (Å²) in [6.07, 6.45) is 6.30. The molecule has 0 saturated heterocycles. The molecule has 0 N–H and O–H groups in total. The fourth-order valence-corrected chi connectivity index (χ4v) is 2.62. The maximum atomic E-state index is 5.86. The number of hydrogen-bond donors (Lipinski definition) is 0. The van der Waals surface area contributed by atoms with Crippen molar-refractivity contribution in [3.8, 4) is 5.75 Å². The smallest absolute Gasteiger partial charge is 0.130 e. The normalized spacial score (nSPS) is 23.1. The average molecular weight is 263 g/mol. The molecule has 2 heteroatoms. The number of alkyl halides is 1. The minimum atomic E-state index is 0.463. The molecule has 1 unspecified atom stereocenters. The van der Waals surface area contributed by atoms with Crippen LogP contribution < -0.4 is 4.74 Å². The van der Waals surface area contributed by atoms with Crippen LogP contribution in [0.3, 0.4) is 0 Å². The molecule has 0 saturated carbocycles. The van der Waals surface area contributed by atoms with Crippen LogP contribution in [0.4, 0.5) is 0 Å². The van der Waals surface area contributed by atoms with Crippen molar-refractivity contribution in [1.29, 1.82) is 0 Å². The fourth-order valence-electron chi connectivity index (χ4n) is 2.08. The van der Waals surface area contributed by atoms with E-state index in [1.54, 1.807) is 0 Å². The zero-order chi connectivity index (χ0) is 10.3. The molecule has 1 atom stereocenters. The van der Waals surface area contributed by atoms with Crippen molar-refractivity contribution in [3.05, 3.63) is 53.3 Å². The second-order valence-corrected chi connectivity index (χ2v) is 5.11. The van der Waals surface area contributed by atoms with Crippen LogP contribution in [0.5, 0.6) is 5.75 Å². The third-order valence-corrected chi connectivity index (χ3v) is 3.47. The molecular weight excluding hydrogens is 252 g/mol. The van der Waals surface area contributed by atoms with Crippen molar-refractivity contribution in [1.82, 2.24) is 0 Å². The van der Waals surface area contributed by atoms with E-state index in [2.05, 4.69) is 40.2 Å². The van der Waals surface area contributed by atoms with Gasteiger partial charge in [0.25, 0.3) is 0 Å². The van der Waals surface area contributed by atoms with Crippen LogP contribution in [0.2, 0.25) is 0 Å². The van der Waals surface area contributed by atoms with Gasteiger partial charge >= 0.3 is 0 Å². The Bertz CT molecular complexity index is 459. The molecule has 1 aliphatic heterocycles. The molecule has 0 bridgehead atoms. The van der Waals surface area contributed by atoms with Gasteiger partial charge in [-0.05, 0) is 29.7 Å². The number of allylic oxidation sites excluding steroid dienone is 3. The van der Waals surface area contributed by atoms with E-state index in [0.29, 0.717) is 4.83 Å². The highest BCUT2D eigenvalue weighted by Crippen LogP contribution is 2.35. The molecule has 76 valence electrons. The Morgan fingerprint density at radius 2 is 2.13 bits per heavy atom. The number of rotatable bonds is 0. The lowest BCUT2D eigenvalue weighted by atomic mass is 9.94. The highest BCUT2D eigenvalue weighted by Gasteiger charge is 2.21. The lowest BCUT2D eigenvalue weighted by molar-refractivity contribution is 0.413. The minimum absolute atomic E-state index is 0.463. The number of para-hydroxylation sites is 1. The first-order chi connectivity index (χ1) is 7.33. The molecule has 2 aliphatic rings. The van der Waals surface area contributed by atoms with Gasteiger partial charge < -0.3 is 4.74 Å². The van der Waals surface area contributed by atoms with Crippen molar-refractivity contribution in [2.45, 2.75) is 17.7 Å². The summed E-state index contributed by atoms with van der Waals surface area (Å²) in [5.74, 6) is 2.05. The summed E-state index contributed by atoms with van der Waals surface area (Å²) in [6, 6.07) is 8.26. The summed E-state index contributed by atoms with van der Waals surface area (Å²) in [5, 5.41) is 0. The van der Waals surface area contributed by atoms with Crippen LogP contribution in [-0.4, -0.2) is 4.83 Å². The van der Waals surface area contributed by atoms with Crippen LogP contribution in [0.25, 0.3) is 0 Å². The second kappa shape index (κ2) is 3.53. The fraction of sp³-hybridized carbons (Fsp3) is 0.231. The van der Waals surface area contributed by atoms with Crippen LogP contribution in [-0.2, 0) is 6.42 Å². The Balaban J connectivity index is 1.99. The van der Waals surface area contributed by atoms with Crippen molar-refractivity contribution in [2.24, 2.45) is 0 Å². The SMILES string of the molecule is BrC1C=CC2=C(Cc3ccccc3O2)C1. The largest absolute Gasteiger partial charge is 0.457 e. The molecule has 0 fully saturated rings. The quantitative estimate of drug-likeness (QED) is 0.650. The Labute approximate surface area is 97.6 Å². The zero-order valence-electron chi connectivity index (χ0n) is 8.24. The summed E-state index contributed by atoms with van der Waals surface area (Å²) in [5.41, 5.74) is 2.70. The summed E-state index contributed by atoms with van der Waals surface area (Å²) >= 11 is 3.61. The first-order valence-corrected chi connectivity index (χ1v) is 6.04. The summed E-state index contributed by atoms with van der Waals surface area (Å²) < 4.78 is 5.86. The van der Waals surface area contributed by atoms with Crippen LogP contribution >= 0.6 is 15.9 Å². The predicted octanol–water partition coefficient (Wildman–Crippen LogP) is 3.60. The van der Waals surface area contributed by atoms with Gasteiger partial charge in [-0.3, -0.25) is 0 Å². The molecule has 0 aromatic heterocycles. The van der Waals surface area contributed by atoms with Gasteiger partial charge in [0, 0.05) is 11.2 Å². The average Bonchev–Trinajstić information content (AvgIpc) is 2.26. The molecule has 3 rings (SSSR count). The van der Waals surface area contributed by atoms with Gasteiger partial charge in [-0.1, -0.05) is 40.2 Å². The Hall–Kier alpha value is -1.02. The lowest BCUT2D eigenvalue weighted by Crippen LogP contribution is -2.14. The Morgan fingerprint density at radius 3 is 3.07 bits per heavy atom. The molecule has 0 spiro atoms. The molecule has 15 heavy (non-hydrogen) atoms. The molecule has 0 radical (unpaired) electrons. The number of fused-ring (bicyclic) bond motifs is 1. The number of halogens is 1. The van der Waals surface area contributed by atoms with Crippen molar-refractivity contribution in [3.63, 3.8) is 0 Å². The molecule has 1 aromatic rings. The van der Waals surface area contributed by atoms with Gasteiger partial charge in [-0.15, -0.1) is 0 Å². The maximum absolute atomic E-state index is 5.86. The highest BCUT2D eigenvalue weighted by atomic mass is 79.9. The number of benzene rings is 1. The van der Waals surface area contributed by atoms with Crippen molar-refractivity contribution in [2.75, 3.05) is 0 Å². The molecule has 1 nitrogen and oxygen atoms in total. The van der Waals surface area contributed by atoms with E-state index in [9.17, 15) is 0 Å². The number of hydrogen-bond acceptors (Lipinski definition) is 1. The van der Waals surface area contributed by atoms with Gasteiger partial charge in [0.05, 0.1) is 0 Å². The van der Waals surface area contributed by atoms with E-state index in [1.807, 2.05) is 12.1 Å². The van der Waals surface area contributed by atoms with E-state index in [-0.39, 0.29) is 0 Å². The van der Waals surface area contributed by atoms with E-state index in [0.717, 1.165) is 24.4 Å². The van der Waals surface area contributed by atoms with E-state index >= 15 is 0 Å². The molecule has 1 heterocycles. The van der Waals surface area contributed by atoms with Crippen LogP contribution in [0, 0.1) is 0 Å². The first kappa shape index (κ1) is 9.22. The molecule has 1 aromatic carbocycles. The first-order valence-electron chi connectivity index (χ1n) is 5.13. The van der Waals surface area contributed by atoms with Crippen molar-refractivity contribution >= 4 is 15.9 Å². The van der Waals surface area contributed by atoms with Crippen LogP contribution in [0.1, 0.15) is 12.0 Å². The minimum Gasteiger partial charge on any atom is -0.457 e. The third kappa shape index (κ3) is 1.63. The topological polar surface area (TPSA) is 9.23 Å².